The van der Waals surface area contributed by atoms with E-state index in [1.165, 1.54) is 0 Å². The zero-order chi connectivity index (χ0) is 24.7. The number of hydrogen-bond acceptors (Lipinski definition) is 3. The van der Waals surface area contributed by atoms with Crippen molar-refractivity contribution in [1.29, 1.82) is 0 Å². The Morgan fingerprint density at radius 2 is 1.79 bits per heavy atom. The first-order valence-electron chi connectivity index (χ1n) is 11.1. The minimum atomic E-state index is -1.00. The van der Waals surface area contributed by atoms with Crippen LogP contribution in [0.25, 0.3) is 22.0 Å². The van der Waals surface area contributed by atoms with Crippen molar-refractivity contribution in [3.8, 4) is 16.9 Å². The van der Waals surface area contributed by atoms with E-state index < -0.39 is 5.97 Å². The van der Waals surface area contributed by atoms with Gasteiger partial charge in [-0.25, -0.2) is 4.79 Å². The van der Waals surface area contributed by atoms with Gasteiger partial charge in [-0.2, -0.15) is 5.10 Å². The van der Waals surface area contributed by atoms with Gasteiger partial charge in [0, 0.05) is 39.3 Å². The predicted octanol–water partition coefficient (Wildman–Crippen LogP) is 6.82. The third-order valence-corrected chi connectivity index (χ3v) is 7.04. The number of aromatic amines is 1. The summed E-state index contributed by atoms with van der Waals surface area (Å²) in [4.78, 5) is 15.2. The quantitative estimate of drug-likeness (QED) is 0.273. The number of halogens is 2. The third kappa shape index (κ3) is 4.40. The molecule has 4 aromatic rings. The zero-order valence-electron chi connectivity index (χ0n) is 19.8. The summed E-state index contributed by atoms with van der Waals surface area (Å²) in [6, 6.07) is 7.51. The van der Waals surface area contributed by atoms with Gasteiger partial charge in [0.1, 0.15) is 11.4 Å². The lowest BCUT2D eigenvalue weighted by molar-refractivity contribution is 0.0690. The van der Waals surface area contributed by atoms with Gasteiger partial charge >= 0.3 is 5.97 Å². The smallest absolute Gasteiger partial charge is 0.352 e. The number of rotatable bonds is 7. The average Bonchev–Trinajstić information content (AvgIpc) is 3.25. The van der Waals surface area contributed by atoms with E-state index in [0.717, 1.165) is 60.9 Å². The zero-order valence-corrected chi connectivity index (χ0v) is 21.4. The molecule has 0 amide bonds. The number of carboxylic acid groups (broad SMARTS) is 1. The fourth-order valence-electron chi connectivity index (χ4n) is 4.55. The first-order chi connectivity index (χ1) is 16.1. The molecule has 0 saturated carbocycles. The van der Waals surface area contributed by atoms with Crippen LogP contribution in [0.3, 0.4) is 0 Å². The molecule has 0 saturated heterocycles. The summed E-state index contributed by atoms with van der Waals surface area (Å²) in [5.74, 6) is -0.248. The summed E-state index contributed by atoms with van der Waals surface area (Å²) in [6.07, 6.45) is 1.17. The maximum absolute atomic E-state index is 12.1. The summed E-state index contributed by atoms with van der Waals surface area (Å²) in [7, 11) is 1.89. The lowest BCUT2D eigenvalue weighted by atomic mass is 9.98. The van der Waals surface area contributed by atoms with Crippen LogP contribution in [0.1, 0.15) is 45.0 Å². The van der Waals surface area contributed by atoms with Crippen molar-refractivity contribution >= 4 is 40.1 Å². The van der Waals surface area contributed by atoms with E-state index in [1.54, 1.807) is 0 Å². The molecule has 0 aliphatic carbocycles. The van der Waals surface area contributed by atoms with Crippen LogP contribution < -0.4 is 4.74 Å². The molecule has 0 bridgehead atoms. The third-order valence-electron chi connectivity index (χ3n) is 6.22. The molecule has 0 radical (unpaired) electrons. The summed E-state index contributed by atoms with van der Waals surface area (Å²) < 4.78 is 7.75. The highest BCUT2D eigenvalue weighted by atomic mass is 35.5. The van der Waals surface area contributed by atoms with Crippen LogP contribution >= 0.6 is 23.2 Å². The standard InChI is InChI=1S/C26H27Cl2N3O3/c1-13-9-18(10-14(2)23(13)28)34-8-6-7-19-20-11-17(27)12-21(24(20)29-25(19)26(32)33)22-15(3)30-31(5)16(22)4/h9-12,29H,6-8H2,1-5H3,(H,32,33). The molecule has 2 aromatic carbocycles. The first-order valence-corrected chi connectivity index (χ1v) is 11.8. The van der Waals surface area contributed by atoms with E-state index in [0.29, 0.717) is 24.5 Å². The van der Waals surface area contributed by atoms with Gasteiger partial charge in [-0.15, -0.1) is 0 Å². The number of aryl methyl sites for hydroxylation is 5. The number of carbonyl (C=O) groups is 1. The van der Waals surface area contributed by atoms with Crippen molar-refractivity contribution in [2.75, 3.05) is 6.61 Å². The van der Waals surface area contributed by atoms with E-state index in [-0.39, 0.29) is 5.69 Å². The second-order valence-corrected chi connectivity index (χ2v) is 9.47. The Bertz CT molecular complexity index is 1400. The molecule has 6 nitrogen and oxygen atoms in total. The summed E-state index contributed by atoms with van der Waals surface area (Å²) in [6.45, 7) is 8.26. The maximum atomic E-state index is 12.1. The van der Waals surface area contributed by atoms with Crippen LogP contribution in [0.2, 0.25) is 10.0 Å². The Morgan fingerprint density at radius 3 is 2.38 bits per heavy atom. The number of nitrogens with zero attached hydrogens (tertiary/aromatic N) is 2. The predicted molar refractivity (Wildman–Crippen MR) is 137 cm³/mol. The fourth-order valence-corrected chi connectivity index (χ4v) is 4.87. The monoisotopic (exact) mass is 499 g/mol. The first kappa shape index (κ1) is 24.2. The van der Waals surface area contributed by atoms with Gasteiger partial charge in [0.15, 0.2) is 0 Å². The topological polar surface area (TPSA) is 80.1 Å². The largest absolute Gasteiger partial charge is 0.494 e. The molecule has 34 heavy (non-hydrogen) atoms. The van der Waals surface area contributed by atoms with Crippen LogP contribution in [0.5, 0.6) is 5.75 Å². The Balaban J connectivity index is 1.67. The minimum absolute atomic E-state index is 0.177. The number of aromatic nitrogens is 3. The highest BCUT2D eigenvalue weighted by Gasteiger charge is 2.22. The molecule has 0 atom stereocenters. The number of hydrogen-bond donors (Lipinski definition) is 2. The Hall–Kier alpha value is -2.96. The molecule has 0 aliphatic rings. The van der Waals surface area contributed by atoms with Crippen molar-refractivity contribution in [3.63, 3.8) is 0 Å². The number of carboxylic acids is 1. The molecule has 2 heterocycles. The van der Waals surface area contributed by atoms with Crippen LogP contribution in [0, 0.1) is 27.7 Å². The van der Waals surface area contributed by atoms with E-state index in [9.17, 15) is 9.90 Å². The highest BCUT2D eigenvalue weighted by Crippen LogP contribution is 2.38. The van der Waals surface area contributed by atoms with Crippen molar-refractivity contribution in [2.45, 2.75) is 40.5 Å². The van der Waals surface area contributed by atoms with Gasteiger partial charge in [-0.05, 0) is 81.5 Å². The lowest BCUT2D eigenvalue weighted by Crippen LogP contribution is -2.04. The normalized spacial score (nSPS) is 11.4. The summed E-state index contributed by atoms with van der Waals surface area (Å²) in [5, 5.41) is 16.5. The van der Waals surface area contributed by atoms with Crippen molar-refractivity contribution in [3.05, 3.63) is 68.1 Å². The molecule has 4 rings (SSSR count). The molecule has 178 valence electrons. The molecule has 0 unspecified atom stereocenters. The second kappa shape index (κ2) is 9.35. The van der Waals surface area contributed by atoms with E-state index in [2.05, 4.69) is 10.1 Å². The average molecular weight is 500 g/mol. The Kier molecular flexibility index (Phi) is 6.65. The summed E-state index contributed by atoms with van der Waals surface area (Å²) in [5.41, 5.74) is 7.22. The van der Waals surface area contributed by atoms with Crippen molar-refractivity contribution < 1.29 is 14.6 Å². The number of benzene rings is 2. The molecule has 2 N–H and O–H groups in total. The minimum Gasteiger partial charge on any atom is -0.494 e. The van der Waals surface area contributed by atoms with Crippen LogP contribution in [-0.2, 0) is 13.5 Å². The highest BCUT2D eigenvalue weighted by molar-refractivity contribution is 6.32. The van der Waals surface area contributed by atoms with Crippen molar-refractivity contribution in [2.24, 2.45) is 7.05 Å². The molecule has 0 aliphatic heterocycles. The van der Waals surface area contributed by atoms with Crippen LogP contribution in [-0.4, -0.2) is 32.4 Å². The maximum Gasteiger partial charge on any atom is 0.352 e. The number of fused-ring (bicyclic) bond motifs is 1. The Labute approximate surface area is 208 Å². The molecule has 8 heteroatoms. The molecule has 2 aromatic heterocycles. The van der Waals surface area contributed by atoms with E-state index in [4.69, 9.17) is 27.9 Å². The molecular weight excluding hydrogens is 473 g/mol. The number of aromatic carboxylic acids is 1. The lowest BCUT2D eigenvalue weighted by Gasteiger charge is -2.10. The van der Waals surface area contributed by atoms with Crippen LogP contribution in [0.15, 0.2) is 24.3 Å². The number of H-pyrrole nitrogens is 1. The van der Waals surface area contributed by atoms with Gasteiger partial charge in [-0.1, -0.05) is 23.2 Å². The summed E-state index contributed by atoms with van der Waals surface area (Å²) >= 11 is 12.7. The molecule has 0 spiro atoms. The van der Waals surface area contributed by atoms with E-state index in [1.807, 2.05) is 63.7 Å². The molecule has 0 fully saturated rings. The SMILES string of the molecule is Cc1cc(OCCCc2c(C(=O)O)[nH]c3c(-c4c(C)nn(C)c4C)cc(Cl)cc23)cc(C)c1Cl. The number of ether oxygens (including phenoxy) is 1. The Morgan fingerprint density at radius 1 is 1.12 bits per heavy atom. The van der Waals surface area contributed by atoms with Gasteiger partial charge < -0.3 is 14.8 Å². The van der Waals surface area contributed by atoms with E-state index >= 15 is 0 Å². The number of nitrogens with one attached hydrogen (secondary N) is 1. The fraction of sp³-hybridized carbons (Fsp3) is 0.308. The second-order valence-electron chi connectivity index (χ2n) is 8.65. The van der Waals surface area contributed by atoms with Gasteiger partial charge in [0.2, 0.25) is 0 Å². The molecular formula is C26H27Cl2N3O3. The van der Waals surface area contributed by atoms with Gasteiger partial charge in [-0.3, -0.25) is 4.68 Å². The van der Waals surface area contributed by atoms with Crippen LogP contribution in [0.4, 0.5) is 0 Å². The van der Waals surface area contributed by atoms with Crippen molar-refractivity contribution in [1.82, 2.24) is 14.8 Å². The van der Waals surface area contributed by atoms with Gasteiger partial charge in [0.05, 0.1) is 17.8 Å². The van der Waals surface area contributed by atoms with Gasteiger partial charge in [0.25, 0.3) is 0 Å².